The first-order valence-electron chi connectivity index (χ1n) is 7.56. The summed E-state index contributed by atoms with van der Waals surface area (Å²) in [6.45, 7) is 13.1. The molecule has 0 fully saturated rings. The first-order valence-corrected chi connectivity index (χ1v) is 10.8. The van der Waals surface area contributed by atoms with Crippen molar-refractivity contribution in [2.45, 2.75) is 52.6 Å². The van der Waals surface area contributed by atoms with Crippen molar-refractivity contribution in [3.63, 3.8) is 0 Å². The van der Waals surface area contributed by atoms with Crippen molar-refractivity contribution in [3.8, 4) is 0 Å². The van der Waals surface area contributed by atoms with Crippen molar-refractivity contribution in [3.05, 3.63) is 0 Å². The van der Waals surface area contributed by atoms with E-state index < -0.39 is 8.80 Å². The Hall–Kier alpha value is 0.234. The fourth-order valence-electron chi connectivity index (χ4n) is 1.81. The molecule has 0 aliphatic rings. The lowest BCUT2D eigenvalue weighted by atomic mass is 10.8. The lowest BCUT2D eigenvalue weighted by Gasteiger charge is -2.28. The summed E-state index contributed by atoms with van der Waals surface area (Å²) in [4.78, 5) is 0. The third-order valence-corrected chi connectivity index (χ3v) is 7.22. The lowest BCUT2D eigenvalue weighted by molar-refractivity contribution is -0.0827. The predicted octanol–water partition coefficient (Wildman–Crippen LogP) is 2.51. The maximum Gasteiger partial charge on any atom is 0.500 e. The van der Waals surface area contributed by atoms with Gasteiger partial charge in [-0.2, -0.15) is 0 Å². The highest BCUT2D eigenvalue weighted by Crippen LogP contribution is 2.19. The highest BCUT2D eigenvalue weighted by molar-refractivity contribution is 6.62. The van der Waals surface area contributed by atoms with Crippen LogP contribution in [-0.4, -0.2) is 57.3 Å². The second-order valence-electron chi connectivity index (χ2n) is 3.93. The van der Waals surface area contributed by atoms with Crippen LogP contribution in [-0.2, 0) is 22.8 Å². The topological polar surface area (TPSA) is 46.2 Å². The van der Waals surface area contributed by atoms with Gasteiger partial charge in [-0.05, 0) is 34.6 Å². The van der Waals surface area contributed by atoms with Gasteiger partial charge in [-0.1, -0.05) is 6.04 Å². The second kappa shape index (κ2) is 12.9. The van der Waals surface area contributed by atoms with Gasteiger partial charge in [0.05, 0.1) is 0 Å². The van der Waals surface area contributed by atoms with Gasteiger partial charge in [-0.25, -0.2) is 0 Å². The molecule has 0 heterocycles. The van der Waals surface area contributed by atoms with Crippen molar-refractivity contribution in [1.29, 1.82) is 0 Å². The molecule has 0 spiro atoms. The summed E-state index contributed by atoms with van der Waals surface area (Å²) in [5.41, 5.74) is 0. The molecule has 0 aromatic carbocycles. The number of rotatable bonds is 14. The van der Waals surface area contributed by atoms with E-state index in [9.17, 15) is 0 Å². The highest BCUT2D eigenvalue weighted by atomic mass is 28.4. The van der Waals surface area contributed by atoms with E-state index in [0.717, 1.165) is 12.1 Å². The minimum absolute atomic E-state index is 0.110. The van der Waals surface area contributed by atoms with Gasteiger partial charge < -0.3 is 22.8 Å². The van der Waals surface area contributed by atoms with Gasteiger partial charge in [-0.15, -0.1) is 0 Å². The summed E-state index contributed by atoms with van der Waals surface area (Å²) >= 11 is 0. The summed E-state index contributed by atoms with van der Waals surface area (Å²) in [6, 6.07) is 1.76. The third-order valence-electron chi connectivity index (χ3n) is 2.47. The van der Waals surface area contributed by atoms with Crippen LogP contribution in [0, 0.1) is 0 Å². The molecule has 0 unspecified atom stereocenters. The molecule has 2 radical (unpaired) electrons. The zero-order valence-electron chi connectivity index (χ0n) is 13.6. The molecule has 0 saturated carbocycles. The van der Waals surface area contributed by atoms with Crippen molar-refractivity contribution >= 4 is 18.3 Å². The molecular formula is C13H30O5Si2. The van der Waals surface area contributed by atoms with Crippen LogP contribution in [0.3, 0.4) is 0 Å². The molecule has 5 nitrogen and oxygen atoms in total. The van der Waals surface area contributed by atoms with Crippen molar-refractivity contribution < 1.29 is 22.8 Å². The van der Waals surface area contributed by atoms with Crippen LogP contribution in [0.25, 0.3) is 0 Å². The minimum Gasteiger partial charge on any atom is -0.374 e. The molecule has 120 valence electrons. The lowest BCUT2D eigenvalue weighted by Crippen LogP contribution is -2.46. The van der Waals surface area contributed by atoms with E-state index >= 15 is 0 Å². The molecule has 0 rings (SSSR count). The number of ether oxygens (including phenoxy) is 2. The summed E-state index contributed by atoms with van der Waals surface area (Å²) in [5, 5.41) is 0. The monoisotopic (exact) mass is 322 g/mol. The van der Waals surface area contributed by atoms with Gasteiger partial charge in [0, 0.05) is 39.1 Å². The van der Waals surface area contributed by atoms with E-state index in [1.54, 1.807) is 0 Å². The Morgan fingerprint density at radius 3 is 1.55 bits per heavy atom. The first kappa shape index (κ1) is 20.2. The van der Waals surface area contributed by atoms with Gasteiger partial charge in [0.2, 0.25) is 0 Å². The Kier molecular flexibility index (Phi) is 13.1. The second-order valence-corrected chi connectivity index (χ2v) is 8.04. The van der Waals surface area contributed by atoms with Crippen molar-refractivity contribution in [2.75, 3.05) is 33.0 Å². The molecule has 20 heavy (non-hydrogen) atoms. The molecule has 7 heteroatoms. The molecule has 0 saturated heterocycles. The average molecular weight is 323 g/mol. The molecule has 0 aliphatic heterocycles. The first-order chi connectivity index (χ1) is 9.67. The average Bonchev–Trinajstić information content (AvgIpc) is 2.40. The Labute approximate surface area is 127 Å². The highest BCUT2D eigenvalue weighted by Gasteiger charge is 2.39. The Morgan fingerprint density at radius 1 is 0.750 bits per heavy atom. The maximum absolute atomic E-state index is 5.83. The molecule has 0 aliphatic carbocycles. The third kappa shape index (κ3) is 8.50. The largest absolute Gasteiger partial charge is 0.500 e. The Balaban J connectivity index is 4.34. The van der Waals surface area contributed by atoms with E-state index in [-0.39, 0.29) is 5.91 Å². The summed E-state index contributed by atoms with van der Waals surface area (Å²) in [5.74, 6) is -0.110. The van der Waals surface area contributed by atoms with Crippen LogP contribution in [0.1, 0.15) is 34.6 Å². The fourth-order valence-corrected chi connectivity index (χ4v) is 6.42. The van der Waals surface area contributed by atoms with Gasteiger partial charge in [0.1, 0.15) is 15.4 Å². The molecule has 0 aromatic heterocycles. The minimum atomic E-state index is -2.51. The fraction of sp³-hybridized carbons (Fsp3) is 1.00. The molecular weight excluding hydrogens is 292 g/mol. The zero-order valence-corrected chi connectivity index (χ0v) is 15.6. The quantitative estimate of drug-likeness (QED) is 0.363. The van der Waals surface area contributed by atoms with Crippen molar-refractivity contribution in [1.82, 2.24) is 0 Å². The molecule has 0 bridgehead atoms. The summed E-state index contributed by atoms with van der Waals surface area (Å²) in [7, 11) is -1.94. The standard InChI is InChI=1S/C13H30O5Si2/c1-6-14-13(15-7-2)19-11-12-20(16-8-3,17-9-4)18-10-5/h13H,6-12H2,1-5H3. The van der Waals surface area contributed by atoms with E-state index in [1.807, 2.05) is 34.6 Å². The Bertz CT molecular complexity index is 196. The van der Waals surface area contributed by atoms with Crippen LogP contribution in [0.15, 0.2) is 0 Å². The molecule has 0 amide bonds. The summed E-state index contributed by atoms with van der Waals surface area (Å²) < 4.78 is 28.6. The van der Waals surface area contributed by atoms with Gasteiger partial charge >= 0.3 is 8.80 Å². The van der Waals surface area contributed by atoms with Crippen molar-refractivity contribution in [2.24, 2.45) is 0 Å². The van der Waals surface area contributed by atoms with E-state index in [4.69, 9.17) is 22.8 Å². The number of hydrogen-bond donors (Lipinski definition) is 0. The maximum atomic E-state index is 5.83. The van der Waals surface area contributed by atoms with Gasteiger partial charge in [0.15, 0.2) is 0 Å². The van der Waals surface area contributed by atoms with Crippen LogP contribution in [0.5, 0.6) is 0 Å². The zero-order chi connectivity index (χ0) is 15.3. The van der Waals surface area contributed by atoms with Crippen LogP contribution < -0.4 is 0 Å². The van der Waals surface area contributed by atoms with Gasteiger partial charge in [0.25, 0.3) is 0 Å². The molecule has 0 N–H and O–H groups in total. The van der Waals surface area contributed by atoms with Crippen LogP contribution in [0.4, 0.5) is 0 Å². The molecule has 0 atom stereocenters. The SMILES string of the molecule is CCOC(OCC)[Si]CC[Si](OCC)(OCC)OCC. The van der Waals surface area contributed by atoms with E-state index in [0.29, 0.717) is 42.6 Å². The van der Waals surface area contributed by atoms with Crippen LogP contribution >= 0.6 is 0 Å². The molecule has 0 aromatic rings. The van der Waals surface area contributed by atoms with Gasteiger partial charge in [-0.3, -0.25) is 0 Å². The van der Waals surface area contributed by atoms with E-state index in [2.05, 4.69) is 0 Å². The van der Waals surface area contributed by atoms with Crippen LogP contribution in [0.2, 0.25) is 12.1 Å². The van der Waals surface area contributed by atoms with E-state index in [1.165, 1.54) is 0 Å². The predicted molar refractivity (Wildman–Crippen MR) is 83.0 cm³/mol. The number of hydrogen-bond acceptors (Lipinski definition) is 5. The Morgan fingerprint density at radius 2 is 1.20 bits per heavy atom. The summed E-state index contributed by atoms with van der Waals surface area (Å²) in [6.07, 6.45) is 0. The smallest absolute Gasteiger partial charge is 0.374 e. The normalized spacial score (nSPS) is 12.3.